The quantitative estimate of drug-likeness (QED) is 0.427. The van der Waals surface area contributed by atoms with Crippen molar-refractivity contribution < 1.29 is 9.53 Å². The summed E-state index contributed by atoms with van der Waals surface area (Å²) < 4.78 is 5.60. The van der Waals surface area contributed by atoms with Crippen LogP contribution in [0.4, 0.5) is 0 Å². The summed E-state index contributed by atoms with van der Waals surface area (Å²) in [6, 6.07) is 18.4. The van der Waals surface area contributed by atoms with Crippen LogP contribution in [0.25, 0.3) is 0 Å². The summed E-state index contributed by atoms with van der Waals surface area (Å²) in [6.45, 7) is 8.61. The molecule has 0 amide bonds. The molecule has 2 aromatic carbocycles. The van der Waals surface area contributed by atoms with Crippen molar-refractivity contribution in [2.45, 2.75) is 58.8 Å². The number of rotatable bonds is 8. The summed E-state index contributed by atoms with van der Waals surface area (Å²) >= 11 is 0. The highest BCUT2D eigenvalue weighted by atomic mass is 16.5. The molecule has 0 bridgehead atoms. The first-order chi connectivity index (χ1) is 12.0. The number of benzene rings is 2. The molecule has 2 rings (SSSR count). The van der Waals surface area contributed by atoms with Crippen LogP contribution in [0.3, 0.4) is 0 Å². The van der Waals surface area contributed by atoms with Gasteiger partial charge < -0.3 is 4.74 Å². The van der Waals surface area contributed by atoms with E-state index in [1.807, 2.05) is 25.1 Å². The molecule has 1 unspecified atom stereocenters. The normalized spacial score (nSPS) is 12.6. The van der Waals surface area contributed by atoms with Crippen LogP contribution in [-0.2, 0) is 10.2 Å². The highest BCUT2D eigenvalue weighted by molar-refractivity contribution is 5.75. The number of hydrogen-bond acceptors (Lipinski definition) is 2. The Morgan fingerprint density at radius 1 is 0.960 bits per heavy atom. The fraction of sp³-hybridized carbons (Fsp3) is 0.435. The Morgan fingerprint density at radius 3 is 2.12 bits per heavy atom. The lowest BCUT2D eigenvalue weighted by Crippen LogP contribution is -2.21. The minimum Gasteiger partial charge on any atom is -0.426 e. The lowest BCUT2D eigenvalue weighted by atomic mass is 9.78. The fourth-order valence-electron chi connectivity index (χ4n) is 3.10. The van der Waals surface area contributed by atoms with Crippen LogP contribution in [0.2, 0.25) is 0 Å². The maximum absolute atomic E-state index is 12.3. The zero-order valence-corrected chi connectivity index (χ0v) is 15.9. The Balaban J connectivity index is 2.08. The third-order valence-electron chi connectivity index (χ3n) is 5.02. The number of esters is 1. The van der Waals surface area contributed by atoms with Gasteiger partial charge in [-0.05, 0) is 36.1 Å². The van der Waals surface area contributed by atoms with Crippen LogP contribution >= 0.6 is 0 Å². The second-order valence-electron chi connectivity index (χ2n) is 7.18. The van der Waals surface area contributed by atoms with E-state index in [9.17, 15) is 4.79 Å². The van der Waals surface area contributed by atoms with Crippen molar-refractivity contribution in [3.63, 3.8) is 0 Å². The highest BCUT2D eigenvalue weighted by Crippen LogP contribution is 2.32. The summed E-state index contributed by atoms with van der Waals surface area (Å²) in [6.07, 6.45) is 3.91. The van der Waals surface area contributed by atoms with E-state index >= 15 is 0 Å². The largest absolute Gasteiger partial charge is 0.426 e. The molecule has 25 heavy (non-hydrogen) atoms. The lowest BCUT2D eigenvalue weighted by molar-refractivity contribution is -0.139. The maximum Gasteiger partial charge on any atom is 0.314 e. The van der Waals surface area contributed by atoms with Gasteiger partial charge in [0.15, 0.2) is 0 Å². The van der Waals surface area contributed by atoms with Crippen LogP contribution in [-0.4, -0.2) is 5.97 Å². The molecule has 0 saturated heterocycles. The molecule has 0 fully saturated rings. The molecule has 2 heteroatoms. The van der Waals surface area contributed by atoms with Gasteiger partial charge in [0.25, 0.3) is 0 Å². The number of carbonyl (C=O) groups excluding carboxylic acids is 1. The smallest absolute Gasteiger partial charge is 0.314 e. The first kappa shape index (κ1) is 19.2. The molecule has 0 saturated carbocycles. The predicted octanol–water partition coefficient (Wildman–Crippen LogP) is 6.13. The van der Waals surface area contributed by atoms with Crippen molar-refractivity contribution in [3.8, 4) is 5.75 Å². The van der Waals surface area contributed by atoms with E-state index in [4.69, 9.17) is 4.74 Å². The van der Waals surface area contributed by atoms with Crippen molar-refractivity contribution in [3.05, 3.63) is 65.7 Å². The third kappa shape index (κ3) is 4.94. The number of carbonyl (C=O) groups is 1. The second-order valence-corrected chi connectivity index (χ2v) is 7.18. The van der Waals surface area contributed by atoms with Crippen LogP contribution in [0, 0.1) is 5.92 Å². The number of hydrogen-bond donors (Lipinski definition) is 0. The average molecular weight is 338 g/mol. The Hall–Kier alpha value is -2.09. The second kappa shape index (κ2) is 8.84. The highest BCUT2D eigenvalue weighted by Gasteiger charge is 2.23. The van der Waals surface area contributed by atoms with E-state index in [1.54, 1.807) is 0 Å². The molecule has 0 N–H and O–H groups in total. The summed E-state index contributed by atoms with van der Waals surface area (Å²) in [4.78, 5) is 12.3. The Bertz CT molecular complexity index is 656. The molecule has 134 valence electrons. The Labute approximate surface area is 152 Å². The molecule has 0 radical (unpaired) electrons. The van der Waals surface area contributed by atoms with Crippen LogP contribution in [0.5, 0.6) is 5.75 Å². The van der Waals surface area contributed by atoms with Gasteiger partial charge in [-0.25, -0.2) is 0 Å². The summed E-state index contributed by atoms with van der Waals surface area (Å²) in [5.74, 6) is 0.527. The van der Waals surface area contributed by atoms with Gasteiger partial charge in [0, 0.05) is 5.41 Å². The molecule has 0 aliphatic heterocycles. The van der Waals surface area contributed by atoms with Crippen molar-refractivity contribution in [1.82, 2.24) is 0 Å². The topological polar surface area (TPSA) is 26.3 Å². The third-order valence-corrected chi connectivity index (χ3v) is 5.02. The number of ether oxygens (including phenoxy) is 1. The van der Waals surface area contributed by atoms with E-state index in [1.165, 1.54) is 11.1 Å². The van der Waals surface area contributed by atoms with Crippen molar-refractivity contribution in [2.75, 3.05) is 0 Å². The van der Waals surface area contributed by atoms with E-state index in [0.29, 0.717) is 5.75 Å². The first-order valence-corrected chi connectivity index (χ1v) is 9.36. The Morgan fingerprint density at radius 2 is 1.56 bits per heavy atom. The molecule has 2 aromatic rings. The standard InChI is InChI=1S/C23H30O2/c1-5-7-11-18(6-2)22(24)25-21-16-14-20(15-17-21)23(3,4)19-12-9-8-10-13-19/h8-10,12-18H,5-7,11H2,1-4H3. The Kier molecular flexibility index (Phi) is 6.81. The zero-order chi connectivity index (χ0) is 18.3. The average Bonchev–Trinajstić information content (AvgIpc) is 2.63. The first-order valence-electron chi connectivity index (χ1n) is 9.36. The minimum absolute atomic E-state index is 0.000358. The van der Waals surface area contributed by atoms with Gasteiger partial charge in [-0.15, -0.1) is 0 Å². The number of unbranched alkanes of at least 4 members (excludes halogenated alkanes) is 1. The van der Waals surface area contributed by atoms with Gasteiger partial charge in [0.05, 0.1) is 5.92 Å². The SMILES string of the molecule is CCCCC(CC)C(=O)Oc1ccc(C(C)(C)c2ccccc2)cc1. The molecule has 0 aromatic heterocycles. The van der Waals surface area contributed by atoms with Gasteiger partial charge >= 0.3 is 5.97 Å². The van der Waals surface area contributed by atoms with Crippen molar-refractivity contribution >= 4 is 5.97 Å². The molecule has 0 heterocycles. The zero-order valence-electron chi connectivity index (χ0n) is 15.9. The van der Waals surface area contributed by atoms with Crippen molar-refractivity contribution in [2.24, 2.45) is 5.92 Å². The molecule has 1 atom stereocenters. The summed E-state index contributed by atoms with van der Waals surface area (Å²) in [7, 11) is 0. The summed E-state index contributed by atoms with van der Waals surface area (Å²) in [5.41, 5.74) is 2.39. The molecule has 0 aliphatic carbocycles. The molecular weight excluding hydrogens is 308 g/mol. The monoisotopic (exact) mass is 338 g/mol. The molecule has 0 spiro atoms. The molecular formula is C23H30O2. The lowest BCUT2D eigenvalue weighted by Gasteiger charge is -2.26. The van der Waals surface area contributed by atoms with Crippen LogP contribution in [0.15, 0.2) is 54.6 Å². The van der Waals surface area contributed by atoms with Gasteiger partial charge in [-0.1, -0.05) is 83.0 Å². The van der Waals surface area contributed by atoms with Crippen molar-refractivity contribution in [1.29, 1.82) is 0 Å². The maximum atomic E-state index is 12.3. The fourth-order valence-corrected chi connectivity index (χ4v) is 3.10. The summed E-state index contributed by atoms with van der Waals surface area (Å²) in [5, 5.41) is 0. The molecule has 2 nitrogen and oxygen atoms in total. The van der Waals surface area contributed by atoms with Gasteiger partial charge in [0.1, 0.15) is 5.75 Å². The van der Waals surface area contributed by atoms with E-state index < -0.39 is 0 Å². The van der Waals surface area contributed by atoms with E-state index in [-0.39, 0.29) is 17.3 Å². The van der Waals surface area contributed by atoms with Gasteiger partial charge in [0.2, 0.25) is 0 Å². The van der Waals surface area contributed by atoms with Gasteiger partial charge in [-0.2, -0.15) is 0 Å². The van der Waals surface area contributed by atoms with Crippen LogP contribution in [0.1, 0.15) is 64.5 Å². The van der Waals surface area contributed by atoms with Crippen LogP contribution < -0.4 is 4.74 Å². The minimum atomic E-state index is -0.106. The molecule has 0 aliphatic rings. The van der Waals surface area contributed by atoms with E-state index in [2.05, 4.69) is 57.2 Å². The van der Waals surface area contributed by atoms with E-state index in [0.717, 1.165) is 25.7 Å². The van der Waals surface area contributed by atoms with Gasteiger partial charge in [-0.3, -0.25) is 4.79 Å². The predicted molar refractivity (Wildman–Crippen MR) is 104 cm³/mol.